The normalized spacial score (nSPS) is 13.5. The number of aliphatic hydroxyl groups is 1. The molecule has 1 aromatic heterocycles. The first-order chi connectivity index (χ1) is 9.34. The van der Waals surface area contributed by atoms with Crippen molar-refractivity contribution in [2.24, 2.45) is 0 Å². The maximum Gasteiger partial charge on any atom is 0.419 e. The maximum absolute atomic E-state index is 13.5. The number of halogens is 4. The molecule has 0 aliphatic rings. The molecule has 1 unspecified atom stereocenters. The monoisotopic (exact) mass is 288 g/mol. The smallest absolute Gasteiger partial charge is 0.382 e. The van der Waals surface area contributed by atoms with E-state index < -0.39 is 23.7 Å². The fourth-order valence-corrected chi connectivity index (χ4v) is 1.94. The topological polar surface area (TPSA) is 38.0 Å². The Hall–Kier alpha value is -1.89. The number of hydrogen-bond acceptors (Lipinski definition) is 2. The molecule has 108 valence electrons. The van der Waals surface area contributed by atoms with Crippen LogP contribution in [-0.4, -0.2) is 14.9 Å². The van der Waals surface area contributed by atoms with Gasteiger partial charge in [0.2, 0.25) is 0 Å². The highest BCUT2D eigenvalue weighted by atomic mass is 19.4. The summed E-state index contributed by atoms with van der Waals surface area (Å²) in [4.78, 5) is 0. The number of rotatable bonds is 3. The summed E-state index contributed by atoms with van der Waals surface area (Å²) < 4.78 is 52.3. The van der Waals surface area contributed by atoms with Gasteiger partial charge in [-0.05, 0) is 30.7 Å². The van der Waals surface area contributed by atoms with Crippen LogP contribution in [0.5, 0.6) is 0 Å². The van der Waals surface area contributed by atoms with Crippen LogP contribution in [0.1, 0.15) is 29.8 Å². The van der Waals surface area contributed by atoms with Gasteiger partial charge in [-0.1, -0.05) is 6.07 Å². The Balaban J connectivity index is 2.37. The largest absolute Gasteiger partial charge is 0.419 e. The predicted molar refractivity (Wildman–Crippen MR) is 63.4 cm³/mol. The fraction of sp³-hybridized carbons (Fsp3) is 0.308. The molecule has 0 aliphatic heterocycles. The average Bonchev–Trinajstić information content (AvgIpc) is 2.84. The van der Waals surface area contributed by atoms with Gasteiger partial charge in [-0.15, -0.1) is 0 Å². The minimum Gasteiger partial charge on any atom is -0.382 e. The zero-order chi connectivity index (χ0) is 14.9. The molecule has 1 atom stereocenters. The van der Waals surface area contributed by atoms with Crippen LogP contribution in [0.3, 0.4) is 0 Å². The van der Waals surface area contributed by atoms with Crippen LogP contribution in [0.2, 0.25) is 0 Å². The summed E-state index contributed by atoms with van der Waals surface area (Å²) >= 11 is 0. The molecule has 0 bridgehead atoms. The molecule has 1 aromatic carbocycles. The third kappa shape index (κ3) is 2.67. The van der Waals surface area contributed by atoms with E-state index in [4.69, 9.17) is 0 Å². The van der Waals surface area contributed by atoms with Crippen molar-refractivity contribution in [2.45, 2.75) is 25.7 Å². The summed E-state index contributed by atoms with van der Waals surface area (Å²) in [6.45, 7) is 2.29. The van der Waals surface area contributed by atoms with Gasteiger partial charge in [-0.3, -0.25) is 4.68 Å². The van der Waals surface area contributed by atoms with Gasteiger partial charge < -0.3 is 5.11 Å². The van der Waals surface area contributed by atoms with Crippen molar-refractivity contribution in [2.75, 3.05) is 0 Å². The van der Waals surface area contributed by atoms with E-state index in [-0.39, 0.29) is 5.56 Å². The van der Waals surface area contributed by atoms with Crippen LogP contribution in [-0.2, 0) is 12.7 Å². The van der Waals surface area contributed by atoms with Crippen molar-refractivity contribution >= 4 is 0 Å². The summed E-state index contributed by atoms with van der Waals surface area (Å²) in [5, 5.41) is 14.0. The molecular formula is C13H12F4N2O. The highest BCUT2D eigenvalue weighted by Gasteiger charge is 2.34. The molecule has 0 aliphatic carbocycles. The number of aliphatic hydroxyl groups excluding tert-OH is 1. The number of alkyl halides is 3. The van der Waals surface area contributed by atoms with Crippen LogP contribution in [0, 0.1) is 5.82 Å². The van der Waals surface area contributed by atoms with Gasteiger partial charge in [-0.25, -0.2) is 4.39 Å². The quantitative estimate of drug-likeness (QED) is 0.881. The molecule has 0 radical (unpaired) electrons. The molecule has 20 heavy (non-hydrogen) atoms. The molecule has 0 amide bonds. The van der Waals surface area contributed by atoms with E-state index in [2.05, 4.69) is 5.10 Å². The van der Waals surface area contributed by atoms with E-state index in [9.17, 15) is 22.7 Å². The second-order valence-electron chi connectivity index (χ2n) is 4.21. The van der Waals surface area contributed by atoms with Crippen molar-refractivity contribution in [1.29, 1.82) is 0 Å². The lowest BCUT2D eigenvalue weighted by atomic mass is 10.0. The first-order valence-corrected chi connectivity index (χ1v) is 5.91. The van der Waals surface area contributed by atoms with E-state index in [1.54, 1.807) is 6.92 Å². The summed E-state index contributed by atoms with van der Waals surface area (Å²) in [6.07, 6.45) is -4.52. The summed E-state index contributed by atoms with van der Waals surface area (Å²) in [5.74, 6) is -1.41. The van der Waals surface area contributed by atoms with Gasteiger partial charge in [0, 0.05) is 12.7 Å². The highest BCUT2D eigenvalue weighted by molar-refractivity contribution is 5.31. The Morgan fingerprint density at radius 2 is 2.00 bits per heavy atom. The summed E-state index contributed by atoms with van der Waals surface area (Å²) in [5.41, 5.74) is -0.908. The molecular weight excluding hydrogens is 276 g/mol. The van der Waals surface area contributed by atoms with E-state index in [0.717, 1.165) is 6.07 Å². The van der Waals surface area contributed by atoms with Crippen molar-refractivity contribution in [3.05, 3.63) is 53.1 Å². The molecule has 2 rings (SSSR count). The number of aromatic nitrogens is 2. The maximum atomic E-state index is 13.5. The molecule has 3 nitrogen and oxygen atoms in total. The molecule has 0 fully saturated rings. The van der Waals surface area contributed by atoms with Gasteiger partial charge in [0.1, 0.15) is 11.9 Å². The van der Waals surface area contributed by atoms with E-state index in [1.165, 1.54) is 16.9 Å². The lowest BCUT2D eigenvalue weighted by molar-refractivity contribution is -0.140. The molecule has 1 N–H and O–H groups in total. The Kier molecular flexibility index (Phi) is 3.80. The molecule has 2 aromatic rings. The van der Waals surface area contributed by atoms with Crippen LogP contribution in [0.25, 0.3) is 0 Å². The van der Waals surface area contributed by atoms with Gasteiger partial charge in [-0.2, -0.15) is 18.3 Å². The second kappa shape index (κ2) is 5.24. The van der Waals surface area contributed by atoms with Crippen LogP contribution in [0.15, 0.2) is 30.5 Å². The van der Waals surface area contributed by atoms with Crippen LogP contribution < -0.4 is 0 Å². The molecule has 7 heteroatoms. The SMILES string of the molecule is CCn1nccc1C(O)c1ccc(C(F)(F)F)c(F)c1. The number of hydrogen-bond donors (Lipinski definition) is 1. The van der Waals surface area contributed by atoms with Gasteiger partial charge in [0.05, 0.1) is 11.3 Å². The zero-order valence-corrected chi connectivity index (χ0v) is 10.5. The van der Waals surface area contributed by atoms with E-state index >= 15 is 0 Å². The first kappa shape index (κ1) is 14.5. The third-order valence-electron chi connectivity index (χ3n) is 2.94. The van der Waals surface area contributed by atoms with Crippen molar-refractivity contribution < 1.29 is 22.7 Å². The fourth-order valence-electron chi connectivity index (χ4n) is 1.94. The van der Waals surface area contributed by atoms with Crippen molar-refractivity contribution in [3.8, 4) is 0 Å². The van der Waals surface area contributed by atoms with Crippen molar-refractivity contribution in [1.82, 2.24) is 9.78 Å². The zero-order valence-electron chi connectivity index (χ0n) is 10.5. The minimum absolute atomic E-state index is 0.0469. The van der Waals surface area contributed by atoms with Crippen LogP contribution in [0.4, 0.5) is 17.6 Å². The summed E-state index contributed by atoms with van der Waals surface area (Å²) in [6, 6.07) is 3.91. The van der Waals surface area contributed by atoms with Crippen LogP contribution >= 0.6 is 0 Å². The minimum atomic E-state index is -4.75. The predicted octanol–water partition coefficient (Wildman–Crippen LogP) is 3.14. The number of nitrogens with zero attached hydrogens (tertiary/aromatic N) is 2. The Labute approximate surface area is 112 Å². The molecule has 0 saturated heterocycles. The van der Waals surface area contributed by atoms with E-state index in [1.807, 2.05) is 0 Å². The highest BCUT2D eigenvalue weighted by Crippen LogP contribution is 2.33. The van der Waals surface area contributed by atoms with Gasteiger partial charge >= 0.3 is 6.18 Å². The van der Waals surface area contributed by atoms with E-state index in [0.29, 0.717) is 24.4 Å². The molecule has 0 spiro atoms. The molecule has 1 heterocycles. The Morgan fingerprint density at radius 1 is 1.30 bits per heavy atom. The van der Waals surface area contributed by atoms with Gasteiger partial charge in [0.25, 0.3) is 0 Å². The number of aryl methyl sites for hydroxylation is 1. The first-order valence-electron chi connectivity index (χ1n) is 5.91. The average molecular weight is 288 g/mol. The van der Waals surface area contributed by atoms with Gasteiger partial charge in [0.15, 0.2) is 0 Å². The number of benzene rings is 1. The second-order valence-corrected chi connectivity index (χ2v) is 4.21. The lowest BCUT2D eigenvalue weighted by Crippen LogP contribution is -2.12. The van der Waals surface area contributed by atoms with Crippen molar-refractivity contribution in [3.63, 3.8) is 0 Å². The third-order valence-corrected chi connectivity index (χ3v) is 2.94. The lowest BCUT2D eigenvalue weighted by Gasteiger charge is -2.14. The standard InChI is InChI=1S/C13H12F4N2O/c1-2-19-11(5-6-18-19)12(20)8-3-4-9(10(14)7-8)13(15,16)17/h3-7,12,20H,2H2,1H3. The molecule has 0 saturated carbocycles. The Morgan fingerprint density at radius 3 is 2.55 bits per heavy atom. The summed E-state index contributed by atoms with van der Waals surface area (Å²) in [7, 11) is 0. The Bertz CT molecular complexity index is 607.